The second-order valence-electron chi connectivity index (χ2n) is 9.65. The van der Waals surface area contributed by atoms with E-state index in [1.165, 1.54) is 44.9 Å². The first-order valence-electron chi connectivity index (χ1n) is 14.5. The van der Waals surface area contributed by atoms with E-state index < -0.39 is 24.4 Å². The average Bonchev–Trinajstić information content (AvgIpc) is 2.87. The Morgan fingerprint density at radius 3 is 1.55 bits per heavy atom. The summed E-state index contributed by atoms with van der Waals surface area (Å²) in [6.07, 6.45) is 15.8. The van der Waals surface area contributed by atoms with E-state index in [9.17, 15) is 19.2 Å². The van der Waals surface area contributed by atoms with Gasteiger partial charge in [-0.2, -0.15) is 0 Å². The van der Waals surface area contributed by atoms with Crippen LogP contribution in [-0.4, -0.2) is 84.9 Å². The lowest BCUT2D eigenvalue weighted by molar-refractivity contribution is -0.146. The third kappa shape index (κ3) is 25.4. The molecule has 10 heteroatoms. The molecule has 0 aromatic rings. The highest BCUT2D eigenvalue weighted by Crippen LogP contribution is 2.14. The first-order valence-corrected chi connectivity index (χ1v) is 14.5. The van der Waals surface area contributed by atoms with E-state index in [1.807, 2.05) is 6.92 Å². The molecule has 0 rings (SSSR count). The number of carbonyl (C=O) groups excluding carboxylic acids is 2. The molecule has 0 unspecified atom stereocenters. The number of rotatable bonds is 28. The quantitative estimate of drug-likeness (QED) is 0.123. The number of nitrogens with one attached hydrogen (secondary N) is 1. The zero-order valence-corrected chi connectivity index (χ0v) is 23.6. The Kier molecular flexibility index (Phi) is 24.9. The lowest BCUT2D eigenvalue weighted by atomic mass is 10.0. The molecule has 38 heavy (non-hydrogen) atoms. The molecule has 0 aromatic carbocycles. The van der Waals surface area contributed by atoms with Crippen molar-refractivity contribution >= 4 is 23.8 Å². The van der Waals surface area contributed by atoms with Gasteiger partial charge in [0.1, 0.15) is 13.1 Å². The first kappa shape index (κ1) is 35.8. The van der Waals surface area contributed by atoms with Gasteiger partial charge in [-0.05, 0) is 19.8 Å². The summed E-state index contributed by atoms with van der Waals surface area (Å²) in [7, 11) is 0. The maximum absolute atomic E-state index is 12.5. The van der Waals surface area contributed by atoms with Gasteiger partial charge in [0.25, 0.3) is 0 Å². The topological polar surface area (TPSA) is 142 Å². The van der Waals surface area contributed by atoms with Gasteiger partial charge in [0.15, 0.2) is 0 Å². The number of hydrogen-bond acceptors (Lipinski definition) is 6. The Balaban J connectivity index is 3.75. The maximum atomic E-state index is 12.5. The fourth-order valence-electron chi connectivity index (χ4n) is 4.08. The molecule has 3 N–H and O–H groups in total. The van der Waals surface area contributed by atoms with Crippen LogP contribution in [-0.2, 0) is 28.7 Å². The standard InChI is InChI=1S/C28H52N2O8/c1-2-37-21-22-38-20-19-29-25(31)23-30(24-28(35)36)26(32)17-15-13-11-9-7-5-3-4-6-8-10-12-14-16-18-27(33)34/h2-24H2,1H3,(H,29,31)(H,33,34)(H,35,36). The molecule has 0 atom stereocenters. The lowest BCUT2D eigenvalue weighted by Gasteiger charge is -2.20. The van der Waals surface area contributed by atoms with E-state index in [1.54, 1.807) is 0 Å². The molecule has 0 bridgehead atoms. The molecule has 0 radical (unpaired) electrons. The van der Waals surface area contributed by atoms with Crippen molar-refractivity contribution in [2.45, 2.75) is 110 Å². The summed E-state index contributed by atoms with van der Waals surface area (Å²) in [4.78, 5) is 47.3. The normalized spacial score (nSPS) is 10.9. The van der Waals surface area contributed by atoms with Crippen molar-refractivity contribution in [2.24, 2.45) is 0 Å². The number of aliphatic carboxylic acids is 2. The molecule has 0 spiro atoms. The number of amides is 2. The summed E-state index contributed by atoms with van der Waals surface area (Å²) in [5.41, 5.74) is 0. The minimum absolute atomic E-state index is 0.247. The van der Waals surface area contributed by atoms with Gasteiger partial charge in [-0.15, -0.1) is 0 Å². The van der Waals surface area contributed by atoms with Crippen molar-refractivity contribution in [1.82, 2.24) is 10.2 Å². The summed E-state index contributed by atoms with van der Waals surface area (Å²) in [6, 6.07) is 0. The Labute approximate surface area is 228 Å². The molecule has 2 amide bonds. The van der Waals surface area contributed by atoms with E-state index >= 15 is 0 Å². The Bertz CT molecular complexity index is 630. The van der Waals surface area contributed by atoms with Crippen LogP contribution in [0.25, 0.3) is 0 Å². The Morgan fingerprint density at radius 2 is 1.08 bits per heavy atom. The zero-order chi connectivity index (χ0) is 28.3. The van der Waals surface area contributed by atoms with Crippen molar-refractivity contribution in [2.75, 3.05) is 46.1 Å². The molecule has 222 valence electrons. The molecule has 0 aliphatic carbocycles. The summed E-state index contributed by atoms with van der Waals surface area (Å²) >= 11 is 0. The van der Waals surface area contributed by atoms with Crippen LogP contribution < -0.4 is 5.32 Å². The van der Waals surface area contributed by atoms with Crippen molar-refractivity contribution < 1.29 is 38.9 Å². The van der Waals surface area contributed by atoms with Crippen molar-refractivity contribution in [1.29, 1.82) is 0 Å². The zero-order valence-electron chi connectivity index (χ0n) is 23.6. The van der Waals surface area contributed by atoms with Crippen LogP contribution in [0, 0.1) is 0 Å². The number of hydrogen-bond donors (Lipinski definition) is 3. The summed E-state index contributed by atoms with van der Waals surface area (Å²) in [5, 5.41) is 20.4. The third-order valence-corrected chi connectivity index (χ3v) is 6.19. The highest BCUT2D eigenvalue weighted by Gasteiger charge is 2.19. The van der Waals surface area contributed by atoms with Crippen LogP contribution in [0.3, 0.4) is 0 Å². The SMILES string of the molecule is CCOCCOCCNC(=O)CN(CC(=O)O)C(=O)CCCCCCCCCCCCCCCCC(=O)O. The molecular formula is C28H52N2O8. The lowest BCUT2D eigenvalue weighted by Crippen LogP contribution is -2.43. The maximum Gasteiger partial charge on any atom is 0.323 e. The fourth-order valence-corrected chi connectivity index (χ4v) is 4.08. The van der Waals surface area contributed by atoms with E-state index in [-0.39, 0.29) is 31.8 Å². The first-order chi connectivity index (χ1) is 18.4. The molecule has 0 aliphatic heterocycles. The van der Waals surface area contributed by atoms with Gasteiger partial charge >= 0.3 is 11.9 Å². The molecule has 0 fully saturated rings. The van der Waals surface area contributed by atoms with Crippen LogP contribution in [0.1, 0.15) is 110 Å². The number of carbonyl (C=O) groups is 4. The monoisotopic (exact) mass is 544 g/mol. The van der Waals surface area contributed by atoms with Crippen molar-refractivity contribution in [3.05, 3.63) is 0 Å². The smallest absolute Gasteiger partial charge is 0.323 e. The van der Waals surface area contributed by atoms with Crippen LogP contribution in [0.4, 0.5) is 0 Å². The molecule has 0 saturated carbocycles. The van der Waals surface area contributed by atoms with Crippen LogP contribution in [0.15, 0.2) is 0 Å². The average molecular weight is 545 g/mol. The van der Waals surface area contributed by atoms with Crippen LogP contribution in [0.2, 0.25) is 0 Å². The Morgan fingerprint density at radius 1 is 0.605 bits per heavy atom. The van der Waals surface area contributed by atoms with Gasteiger partial charge in [0.05, 0.1) is 19.8 Å². The van der Waals surface area contributed by atoms with Gasteiger partial charge in [-0.25, -0.2) is 0 Å². The molecule has 0 aliphatic rings. The highest BCUT2D eigenvalue weighted by atomic mass is 16.5. The number of carboxylic acid groups (broad SMARTS) is 2. The largest absolute Gasteiger partial charge is 0.481 e. The van der Waals surface area contributed by atoms with Gasteiger partial charge < -0.3 is 29.9 Å². The number of unbranched alkanes of at least 4 members (excludes halogenated alkanes) is 13. The van der Waals surface area contributed by atoms with Gasteiger partial charge in [0, 0.05) is 26.0 Å². The summed E-state index contributed by atoms with van der Waals surface area (Å²) in [5.74, 6) is -2.55. The Hall–Kier alpha value is -2.20. The van der Waals surface area contributed by atoms with E-state index in [4.69, 9.17) is 19.7 Å². The number of ether oxygens (including phenoxy) is 2. The van der Waals surface area contributed by atoms with Crippen molar-refractivity contribution in [3.63, 3.8) is 0 Å². The number of carboxylic acids is 2. The minimum atomic E-state index is -1.14. The number of nitrogens with zero attached hydrogens (tertiary/aromatic N) is 1. The molecule has 0 heterocycles. The molecule has 10 nitrogen and oxygen atoms in total. The summed E-state index contributed by atoms with van der Waals surface area (Å²) < 4.78 is 10.5. The van der Waals surface area contributed by atoms with Gasteiger partial charge in [0.2, 0.25) is 11.8 Å². The minimum Gasteiger partial charge on any atom is -0.481 e. The van der Waals surface area contributed by atoms with Gasteiger partial charge in [-0.1, -0.05) is 77.0 Å². The predicted molar refractivity (Wildman–Crippen MR) is 146 cm³/mol. The molecule has 0 saturated heterocycles. The second kappa shape index (κ2) is 26.4. The van der Waals surface area contributed by atoms with Crippen molar-refractivity contribution in [3.8, 4) is 0 Å². The highest BCUT2D eigenvalue weighted by molar-refractivity contribution is 5.87. The fraction of sp³-hybridized carbons (Fsp3) is 0.857. The summed E-state index contributed by atoms with van der Waals surface area (Å²) in [6.45, 7) is 3.31. The van der Waals surface area contributed by atoms with Crippen LogP contribution in [0.5, 0.6) is 0 Å². The van der Waals surface area contributed by atoms with E-state index in [2.05, 4.69) is 5.32 Å². The molecular weight excluding hydrogens is 492 g/mol. The molecule has 0 aromatic heterocycles. The van der Waals surface area contributed by atoms with E-state index in [0.29, 0.717) is 32.8 Å². The van der Waals surface area contributed by atoms with Gasteiger partial charge in [-0.3, -0.25) is 19.2 Å². The third-order valence-electron chi connectivity index (χ3n) is 6.19. The predicted octanol–water partition coefficient (Wildman–Crippen LogP) is 4.40. The second-order valence-corrected chi connectivity index (χ2v) is 9.65. The van der Waals surface area contributed by atoms with E-state index in [0.717, 1.165) is 43.4 Å². The van der Waals surface area contributed by atoms with Crippen LogP contribution >= 0.6 is 0 Å².